The minimum Gasteiger partial charge on any atom is -0.393 e. The zero-order valence-corrected chi connectivity index (χ0v) is 20.1. The molecular formula is C26H36O5S. The summed E-state index contributed by atoms with van der Waals surface area (Å²) in [4.78, 5) is 0.148. The van der Waals surface area contributed by atoms with Gasteiger partial charge in [0.25, 0.3) is 10.1 Å². The number of aliphatic hydroxyl groups excluding tert-OH is 2. The largest absolute Gasteiger partial charge is 0.393 e. The Morgan fingerprint density at radius 3 is 2.47 bits per heavy atom. The van der Waals surface area contributed by atoms with Gasteiger partial charge in [0.1, 0.15) is 6.10 Å². The summed E-state index contributed by atoms with van der Waals surface area (Å²) in [5.41, 5.74) is 2.15. The van der Waals surface area contributed by atoms with Gasteiger partial charge in [-0.25, -0.2) is 0 Å². The van der Waals surface area contributed by atoms with Crippen molar-refractivity contribution in [3.63, 3.8) is 0 Å². The molecule has 0 aromatic heterocycles. The summed E-state index contributed by atoms with van der Waals surface area (Å²) < 4.78 is 31.9. The molecule has 1 aromatic rings. The smallest absolute Gasteiger partial charge is 0.297 e. The maximum Gasteiger partial charge on any atom is 0.297 e. The molecule has 3 unspecified atom stereocenters. The van der Waals surface area contributed by atoms with Crippen LogP contribution in [-0.4, -0.2) is 36.9 Å². The lowest BCUT2D eigenvalue weighted by atomic mass is 9.48. The highest BCUT2D eigenvalue weighted by molar-refractivity contribution is 7.86. The Morgan fingerprint density at radius 2 is 1.75 bits per heavy atom. The summed E-state index contributed by atoms with van der Waals surface area (Å²) in [5.74, 6) is 1.17. The van der Waals surface area contributed by atoms with Gasteiger partial charge in [0.05, 0.1) is 17.1 Å². The van der Waals surface area contributed by atoms with Crippen molar-refractivity contribution in [2.75, 3.05) is 0 Å². The third-order valence-electron chi connectivity index (χ3n) is 9.55. The summed E-state index contributed by atoms with van der Waals surface area (Å²) in [6.07, 6.45) is 6.68. The van der Waals surface area contributed by atoms with Crippen LogP contribution in [-0.2, 0) is 14.3 Å². The molecule has 0 aliphatic heterocycles. The minimum absolute atomic E-state index is 0.112. The van der Waals surface area contributed by atoms with Crippen LogP contribution in [0.5, 0.6) is 0 Å². The van der Waals surface area contributed by atoms with Gasteiger partial charge < -0.3 is 10.2 Å². The van der Waals surface area contributed by atoms with Gasteiger partial charge in [-0.1, -0.05) is 43.2 Å². The van der Waals surface area contributed by atoms with Crippen molar-refractivity contribution in [3.8, 4) is 0 Å². The van der Waals surface area contributed by atoms with Crippen LogP contribution in [0, 0.1) is 35.5 Å². The fraction of sp³-hybridized carbons (Fsp3) is 0.692. The van der Waals surface area contributed by atoms with Gasteiger partial charge in [-0.15, -0.1) is 0 Å². The van der Waals surface area contributed by atoms with Crippen molar-refractivity contribution >= 4 is 10.1 Å². The number of aliphatic hydroxyl groups is 2. The predicted molar refractivity (Wildman–Crippen MR) is 122 cm³/mol. The van der Waals surface area contributed by atoms with Crippen molar-refractivity contribution in [1.29, 1.82) is 0 Å². The SMILES string of the molecule is Cc1ccc(S(=O)(=O)OC2C(O)C[C@H]3[C@@H]4CC=C5CC(O)CC[C@]5(C)[C@H]4CC[C@]23C)cc1. The Hall–Kier alpha value is -1.21. The number of fused-ring (bicyclic) bond motifs is 5. The van der Waals surface area contributed by atoms with Gasteiger partial charge in [0.2, 0.25) is 0 Å². The third-order valence-corrected chi connectivity index (χ3v) is 10.9. The topological polar surface area (TPSA) is 83.8 Å². The number of allylic oxidation sites excluding steroid dienone is 1. The molecule has 4 aliphatic rings. The van der Waals surface area contributed by atoms with Crippen molar-refractivity contribution in [3.05, 3.63) is 41.5 Å². The summed E-state index contributed by atoms with van der Waals surface area (Å²) in [7, 11) is -3.95. The Balaban J connectivity index is 1.42. The maximum absolute atomic E-state index is 13.0. The molecule has 176 valence electrons. The molecule has 5 nitrogen and oxygen atoms in total. The first-order valence-electron chi connectivity index (χ1n) is 12.1. The van der Waals surface area contributed by atoms with Gasteiger partial charge >= 0.3 is 0 Å². The lowest BCUT2D eigenvalue weighted by Crippen LogP contribution is -2.52. The Labute approximate surface area is 192 Å². The van der Waals surface area contributed by atoms with E-state index in [1.54, 1.807) is 24.3 Å². The fourth-order valence-electron chi connectivity index (χ4n) is 7.68. The molecule has 3 fully saturated rings. The molecule has 3 saturated carbocycles. The average Bonchev–Trinajstić information content (AvgIpc) is 2.99. The second kappa shape index (κ2) is 7.66. The quantitative estimate of drug-likeness (QED) is 0.517. The molecule has 1 aromatic carbocycles. The van der Waals surface area contributed by atoms with Crippen LogP contribution >= 0.6 is 0 Å². The first-order chi connectivity index (χ1) is 15.0. The van der Waals surface area contributed by atoms with E-state index in [2.05, 4.69) is 19.9 Å². The summed E-state index contributed by atoms with van der Waals surface area (Å²) in [6, 6.07) is 6.69. The number of aryl methyl sites for hydroxylation is 1. The normalized spacial score (nSPS) is 43.7. The van der Waals surface area contributed by atoms with Crippen molar-refractivity contribution in [2.24, 2.45) is 28.6 Å². The van der Waals surface area contributed by atoms with Gasteiger partial charge in [-0.05, 0) is 87.2 Å². The highest BCUT2D eigenvalue weighted by Crippen LogP contribution is 2.65. The highest BCUT2D eigenvalue weighted by atomic mass is 32.2. The van der Waals surface area contributed by atoms with Crippen LogP contribution in [0.25, 0.3) is 0 Å². The van der Waals surface area contributed by atoms with E-state index in [4.69, 9.17) is 4.18 Å². The van der Waals surface area contributed by atoms with Crippen molar-refractivity contribution < 1.29 is 22.8 Å². The molecule has 0 heterocycles. The van der Waals surface area contributed by atoms with E-state index in [1.165, 1.54) is 5.57 Å². The minimum atomic E-state index is -3.95. The molecule has 0 amide bonds. The number of hydrogen-bond acceptors (Lipinski definition) is 5. The fourth-order valence-corrected chi connectivity index (χ4v) is 8.88. The average molecular weight is 461 g/mol. The molecule has 4 aliphatic carbocycles. The molecular weight excluding hydrogens is 424 g/mol. The number of benzene rings is 1. The van der Waals surface area contributed by atoms with E-state index in [0.717, 1.165) is 44.1 Å². The van der Waals surface area contributed by atoms with Gasteiger partial charge in [0.15, 0.2) is 0 Å². The van der Waals surface area contributed by atoms with E-state index < -0.39 is 22.3 Å². The Bertz CT molecular complexity index is 1020. The third kappa shape index (κ3) is 3.41. The second-order valence-electron chi connectivity index (χ2n) is 11.3. The van der Waals surface area contributed by atoms with E-state index in [9.17, 15) is 18.6 Å². The van der Waals surface area contributed by atoms with E-state index in [1.807, 2.05) is 6.92 Å². The zero-order chi connectivity index (χ0) is 22.9. The van der Waals surface area contributed by atoms with E-state index >= 15 is 0 Å². The second-order valence-corrected chi connectivity index (χ2v) is 12.9. The predicted octanol–water partition coefficient (Wildman–Crippen LogP) is 4.36. The first kappa shape index (κ1) is 22.6. The van der Waals surface area contributed by atoms with Gasteiger partial charge in [0, 0.05) is 5.41 Å². The van der Waals surface area contributed by atoms with Crippen LogP contribution in [0.4, 0.5) is 0 Å². The first-order valence-corrected chi connectivity index (χ1v) is 13.5. The monoisotopic (exact) mass is 460 g/mol. The van der Waals surface area contributed by atoms with E-state index in [0.29, 0.717) is 18.3 Å². The molecule has 0 radical (unpaired) electrons. The van der Waals surface area contributed by atoms with Crippen LogP contribution in [0.3, 0.4) is 0 Å². The molecule has 8 atom stereocenters. The summed E-state index contributed by atoms with van der Waals surface area (Å²) in [5, 5.41) is 21.2. The molecule has 0 spiro atoms. The standard InChI is InChI=1S/C26H36O5S/c1-16-4-7-19(8-5-16)32(29,30)31-24-23(28)15-22-20-9-6-17-14-18(27)10-12-25(17,2)21(20)11-13-26(22,24)3/h4-8,18,20-24,27-28H,9-15H2,1-3H3/t18?,20-,21+,22+,23?,24?,25+,26+/m1/s1. The van der Waals surface area contributed by atoms with Crippen molar-refractivity contribution in [1.82, 2.24) is 0 Å². The van der Waals surface area contributed by atoms with Crippen LogP contribution < -0.4 is 0 Å². The Kier molecular flexibility index (Phi) is 5.40. The number of rotatable bonds is 3. The molecule has 0 saturated heterocycles. The van der Waals surface area contributed by atoms with Crippen LogP contribution in [0.15, 0.2) is 40.8 Å². The van der Waals surface area contributed by atoms with Crippen LogP contribution in [0.2, 0.25) is 0 Å². The van der Waals surface area contributed by atoms with E-state index in [-0.39, 0.29) is 27.7 Å². The highest BCUT2D eigenvalue weighted by Gasteiger charge is 2.62. The van der Waals surface area contributed by atoms with Gasteiger partial charge in [-0.2, -0.15) is 8.42 Å². The van der Waals surface area contributed by atoms with Crippen LogP contribution in [0.1, 0.15) is 64.4 Å². The van der Waals surface area contributed by atoms with Gasteiger partial charge in [-0.3, -0.25) is 4.18 Å². The van der Waals surface area contributed by atoms with Crippen molar-refractivity contribution in [2.45, 2.75) is 88.9 Å². The molecule has 6 heteroatoms. The lowest BCUT2D eigenvalue weighted by molar-refractivity contribution is -0.0712. The summed E-state index contributed by atoms with van der Waals surface area (Å²) >= 11 is 0. The maximum atomic E-state index is 13.0. The number of hydrogen-bond donors (Lipinski definition) is 2. The lowest BCUT2D eigenvalue weighted by Gasteiger charge is -2.57. The molecule has 2 N–H and O–H groups in total. The Morgan fingerprint density at radius 1 is 1.03 bits per heavy atom. The molecule has 0 bridgehead atoms. The zero-order valence-electron chi connectivity index (χ0n) is 19.3. The molecule has 32 heavy (non-hydrogen) atoms. The summed E-state index contributed by atoms with van der Waals surface area (Å²) in [6.45, 7) is 6.41. The molecule has 5 rings (SSSR count).